The van der Waals surface area contributed by atoms with Gasteiger partial charge in [0, 0.05) is 37.6 Å². The van der Waals surface area contributed by atoms with E-state index >= 15 is 0 Å². The molecule has 4 aromatic carbocycles. The van der Waals surface area contributed by atoms with E-state index in [2.05, 4.69) is 36.9 Å². The van der Waals surface area contributed by atoms with Gasteiger partial charge in [-0.3, -0.25) is 24.5 Å². The van der Waals surface area contributed by atoms with Crippen molar-refractivity contribution in [3.63, 3.8) is 0 Å². The van der Waals surface area contributed by atoms with E-state index in [1.165, 1.54) is 47.4 Å². The first-order valence-corrected chi connectivity index (χ1v) is 17.2. The fraction of sp³-hybridized carbons (Fsp3) is 0.0857. The van der Waals surface area contributed by atoms with Gasteiger partial charge in [-0.15, -0.1) is 23.1 Å². The number of rotatable bonds is 12. The molecule has 5 aromatic rings. The summed E-state index contributed by atoms with van der Waals surface area (Å²) in [5, 5.41) is 21.9. The average molecular weight is 743 g/mol. The lowest BCUT2D eigenvalue weighted by Crippen LogP contribution is -2.30. The molecule has 0 bridgehead atoms. The predicted octanol–water partition coefficient (Wildman–Crippen LogP) is 8.40. The minimum absolute atomic E-state index is 0.145. The monoisotopic (exact) mass is 741 g/mol. The second kappa shape index (κ2) is 16.1. The topological polar surface area (TPSA) is 143 Å². The molecule has 5 rings (SSSR count). The summed E-state index contributed by atoms with van der Waals surface area (Å²) in [7, 11) is 0. The molecule has 1 aromatic heterocycles. The second-order valence-electron chi connectivity index (χ2n) is 10.2. The number of benzene rings is 4. The number of anilines is 2. The number of thiazole rings is 1. The number of carbonyl (C=O) groups is 3. The standard InChI is InChI=1S/C35H28BrN5O5S2/c1-2-31(34(44)40-35-39-29(21-47-35)22-15-17-25(36)18-16-22)48-27-13-8-12-26(20-27)37-33(43)28(38-32(42)23-9-4-3-5-10-23)19-24-11-6-7-14-30(24)41(45)46/h3-21,31H,2H2,1H3,(H,37,43)(H,38,42)(H,39,40,44)/b28-19+. The Hall–Kier alpha value is -5.11. The fourth-order valence-corrected chi connectivity index (χ4v) is 6.48. The number of amides is 3. The van der Waals surface area contributed by atoms with Crippen molar-refractivity contribution < 1.29 is 19.3 Å². The van der Waals surface area contributed by atoms with Crippen molar-refractivity contribution >= 4 is 79.3 Å². The van der Waals surface area contributed by atoms with Gasteiger partial charge in [-0.2, -0.15) is 0 Å². The first-order valence-electron chi connectivity index (χ1n) is 14.6. The Labute approximate surface area is 293 Å². The van der Waals surface area contributed by atoms with E-state index in [1.807, 2.05) is 42.6 Å². The number of hydrogen-bond donors (Lipinski definition) is 3. The number of para-hydroxylation sites is 1. The number of halogens is 1. The molecule has 3 amide bonds. The summed E-state index contributed by atoms with van der Waals surface area (Å²) < 4.78 is 0.964. The SMILES string of the molecule is CCC(Sc1cccc(NC(=O)/C(=C\c2ccccc2[N+](=O)[O-])NC(=O)c2ccccc2)c1)C(=O)Nc1nc(-c2ccc(Br)cc2)cs1. The van der Waals surface area contributed by atoms with Crippen LogP contribution >= 0.6 is 39.0 Å². The van der Waals surface area contributed by atoms with Gasteiger partial charge >= 0.3 is 0 Å². The van der Waals surface area contributed by atoms with Crippen LogP contribution in [0, 0.1) is 10.1 Å². The van der Waals surface area contributed by atoms with Gasteiger partial charge < -0.3 is 16.0 Å². The van der Waals surface area contributed by atoms with Crippen LogP contribution in [-0.2, 0) is 9.59 Å². The van der Waals surface area contributed by atoms with E-state index in [-0.39, 0.29) is 22.9 Å². The molecule has 242 valence electrons. The molecule has 3 N–H and O–H groups in total. The highest BCUT2D eigenvalue weighted by molar-refractivity contribution is 9.10. The molecule has 10 nitrogen and oxygen atoms in total. The summed E-state index contributed by atoms with van der Waals surface area (Å²) in [4.78, 5) is 56.1. The number of aromatic nitrogens is 1. The van der Waals surface area contributed by atoms with E-state index in [4.69, 9.17) is 0 Å². The Morgan fingerprint density at radius 3 is 2.42 bits per heavy atom. The minimum atomic E-state index is -0.685. The largest absolute Gasteiger partial charge is 0.321 e. The van der Waals surface area contributed by atoms with Crippen molar-refractivity contribution in [3.8, 4) is 11.3 Å². The van der Waals surface area contributed by atoms with Crippen LogP contribution in [0.1, 0.15) is 29.3 Å². The van der Waals surface area contributed by atoms with Gasteiger partial charge in [0.2, 0.25) is 5.91 Å². The Bertz CT molecular complexity index is 1980. The highest BCUT2D eigenvalue weighted by Crippen LogP contribution is 2.31. The Morgan fingerprint density at radius 1 is 0.958 bits per heavy atom. The summed E-state index contributed by atoms with van der Waals surface area (Å²) in [5.74, 6) is -1.44. The van der Waals surface area contributed by atoms with E-state index < -0.39 is 22.0 Å². The normalized spacial score (nSPS) is 11.8. The molecule has 1 heterocycles. The van der Waals surface area contributed by atoms with Crippen LogP contribution in [0.15, 0.2) is 124 Å². The first-order chi connectivity index (χ1) is 23.2. The molecule has 1 atom stereocenters. The van der Waals surface area contributed by atoms with Crippen LogP contribution in [-0.4, -0.2) is 32.9 Å². The van der Waals surface area contributed by atoms with Crippen molar-refractivity contribution in [2.24, 2.45) is 0 Å². The molecule has 0 fully saturated rings. The van der Waals surface area contributed by atoms with Crippen LogP contribution in [0.5, 0.6) is 0 Å². The van der Waals surface area contributed by atoms with Crippen molar-refractivity contribution in [1.82, 2.24) is 10.3 Å². The lowest BCUT2D eigenvalue weighted by Gasteiger charge is -2.15. The zero-order valence-electron chi connectivity index (χ0n) is 25.4. The van der Waals surface area contributed by atoms with E-state index in [9.17, 15) is 24.5 Å². The van der Waals surface area contributed by atoms with Crippen LogP contribution in [0.2, 0.25) is 0 Å². The summed E-state index contributed by atoms with van der Waals surface area (Å²) in [5.41, 5.74) is 2.16. The maximum Gasteiger partial charge on any atom is 0.276 e. The number of nitro benzene ring substituents is 1. The third-order valence-electron chi connectivity index (χ3n) is 6.87. The highest BCUT2D eigenvalue weighted by atomic mass is 79.9. The molecule has 0 aliphatic rings. The van der Waals surface area contributed by atoms with Crippen molar-refractivity contribution in [1.29, 1.82) is 0 Å². The highest BCUT2D eigenvalue weighted by Gasteiger charge is 2.21. The number of hydrogen-bond acceptors (Lipinski definition) is 8. The third kappa shape index (κ3) is 9.03. The van der Waals surface area contributed by atoms with E-state index in [0.717, 1.165) is 20.6 Å². The van der Waals surface area contributed by atoms with E-state index in [0.29, 0.717) is 22.8 Å². The zero-order valence-corrected chi connectivity index (χ0v) is 28.6. The zero-order chi connectivity index (χ0) is 34.0. The smallest absolute Gasteiger partial charge is 0.276 e. The van der Waals surface area contributed by atoms with Gasteiger partial charge in [0.15, 0.2) is 5.13 Å². The van der Waals surface area contributed by atoms with Gasteiger partial charge in [-0.05, 0) is 61.0 Å². The Morgan fingerprint density at radius 2 is 1.69 bits per heavy atom. The Kier molecular flexibility index (Phi) is 11.5. The van der Waals surface area contributed by atoms with Crippen molar-refractivity contribution in [2.75, 3.05) is 10.6 Å². The second-order valence-corrected chi connectivity index (χ2v) is 13.3. The molecule has 48 heavy (non-hydrogen) atoms. The van der Waals surface area contributed by atoms with Crippen molar-refractivity contribution in [3.05, 3.63) is 140 Å². The summed E-state index contributed by atoms with van der Waals surface area (Å²) in [6.07, 6.45) is 1.80. The summed E-state index contributed by atoms with van der Waals surface area (Å²) >= 11 is 6.11. The molecular formula is C35H28BrN5O5S2. The molecule has 0 aliphatic carbocycles. The fourth-order valence-electron chi connectivity index (χ4n) is 4.48. The number of nitrogens with zero attached hydrogens (tertiary/aromatic N) is 2. The lowest BCUT2D eigenvalue weighted by molar-refractivity contribution is -0.385. The summed E-state index contributed by atoms with van der Waals surface area (Å²) in [6.45, 7) is 1.91. The molecule has 0 aliphatic heterocycles. The third-order valence-corrected chi connectivity index (χ3v) is 9.51. The number of nitrogens with one attached hydrogen (secondary N) is 3. The van der Waals surface area contributed by atoms with Gasteiger partial charge in [-0.1, -0.05) is 71.4 Å². The quantitative estimate of drug-likeness (QED) is 0.0504. The molecule has 13 heteroatoms. The average Bonchev–Trinajstić information content (AvgIpc) is 3.56. The minimum Gasteiger partial charge on any atom is -0.321 e. The maximum absolute atomic E-state index is 13.5. The van der Waals surface area contributed by atoms with Gasteiger partial charge in [0.25, 0.3) is 17.5 Å². The van der Waals surface area contributed by atoms with Crippen LogP contribution in [0.3, 0.4) is 0 Å². The molecule has 0 saturated carbocycles. The molecule has 0 radical (unpaired) electrons. The van der Waals surface area contributed by atoms with Crippen LogP contribution in [0.25, 0.3) is 17.3 Å². The van der Waals surface area contributed by atoms with Gasteiger partial charge in [0.1, 0.15) is 5.70 Å². The predicted molar refractivity (Wildman–Crippen MR) is 194 cm³/mol. The molecule has 0 saturated heterocycles. The molecular weight excluding hydrogens is 714 g/mol. The maximum atomic E-state index is 13.5. The first kappa shape index (κ1) is 34.2. The van der Waals surface area contributed by atoms with Crippen molar-refractivity contribution in [2.45, 2.75) is 23.5 Å². The molecule has 1 unspecified atom stereocenters. The van der Waals surface area contributed by atoms with Gasteiger partial charge in [-0.25, -0.2) is 4.98 Å². The number of carbonyl (C=O) groups excluding carboxylic acids is 3. The lowest BCUT2D eigenvalue weighted by atomic mass is 10.1. The Balaban J connectivity index is 1.30. The summed E-state index contributed by atoms with van der Waals surface area (Å²) in [6, 6.07) is 28.9. The van der Waals surface area contributed by atoms with Crippen LogP contribution in [0.4, 0.5) is 16.5 Å². The van der Waals surface area contributed by atoms with E-state index in [1.54, 1.807) is 54.6 Å². The number of thioether (sulfide) groups is 1. The molecule has 0 spiro atoms. The van der Waals surface area contributed by atoms with Crippen LogP contribution < -0.4 is 16.0 Å². The number of nitro groups is 1. The van der Waals surface area contributed by atoms with Gasteiger partial charge in [0.05, 0.1) is 21.4 Å².